The maximum Gasteiger partial charge on any atom is 0.246 e. The number of phenols is 1. The summed E-state index contributed by atoms with van der Waals surface area (Å²) < 4.78 is 1.77. The van der Waals surface area contributed by atoms with Gasteiger partial charge in [0.15, 0.2) is 0 Å². The second-order valence-electron chi connectivity index (χ2n) is 5.73. The van der Waals surface area contributed by atoms with Crippen molar-refractivity contribution in [3.05, 3.63) is 48.3 Å². The molecule has 3 rings (SSSR count). The molecule has 0 bridgehead atoms. The number of hydrogen-bond donors (Lipinski definition) is 1. The van der Waals surface area contributed by atoms with Crippen LogP contribution in [0, 0.1) is 0 Å². The first kappa shape index (κ1) is 15.3. The third-order valence-corrected chi connectivity index (χ3v) is 4.07. The predicted octanol–water partition coefficient (Wildman–Crippen LogP) is 2.08. The summed E-state index contributed by atoms with van der Waals surface area (Å²) in [5, 5.41) is 17.3. The lowest BCUT2D eigenvalue weighted by molar-refractivity contribution is -0.129. The summed E-state index contributed by atoms with van der Waals surface area (Å²) in [6, 6.07) is 7.00. The summed E-state index contributed by atoms with van der Waals surface area (Å²) in [6.07, 6.45) is 9.92. The van der Waals surface area contributed by atoms with E-state index in [1.54, 1.807) is 41.2 Å². The number of aromatic hydroxyl groups is 1. The number of likely N-dealkylation sites (tertiary alicyclic amines) is 1. The molecule has 2 aromatic rings. The Hall–Kier alpha value is -2.63. The number of rotatable bonds is 4. The Morgan fingerprint density at radius 2 is 2.30 bits per heavy atom. The van der Waals surface area contributed by atoms with Gasteiger partial charge in [-0.15, -0.1) is 5.10 Å². The number of amides is 1. The number of phenolic OH excluding ortho intramolecular Hbond substituents is 1. The summed E-state index contributed by atoms with van der Waals surface area (Å²) in [7, 11) is 0. The minimum Gasteiger partial charge on any atom is -0.508 e. The van der Waals surface area contributed by atoms with Crippen molar-refractivity contribution < 1.29 is 9.90 Å². The Balaban J connectivity index is 1.68. The zero-order valence-corrected chi connectivity index (χ0v) is 12.9. The quantitative estimate of drug-likeness (QED) is 0.877. The molecule has 1 atom stereocenters. The van der Waals surface area contributed by atoms with Crippen LogP contribution in [0.1, 0.15) is 24.8 Å². The highest BCUT2D eigenvalue weighted by Gasteiger charge is 2.25. The average Bonchev–Trinajstić information content (AvgIpc) is 3.06. The minimum absolute atomic E-state index is 0.00171. The zero-order chi connectivity index (χ0) is 16.1. The molecule has 1 saturated heterocycles. The molecule has 0 spiro atoms. The summed E-state index contributed by atoms with van der Waals surface area (Å²) in [5.41, 5.74) is 0.809. The van der Waals surface area contributed by atoms with Crippen LogP contribution >= 0.6 is 0 Å². The van der Waals surface area contributed by atoms with Crippen LogP contribution < -0.4 is 0 Å². The molecule has 1 aromatic carbocycles. The predicted molar refractivity (Wildman–Crippen MR) is 86.5 cm³/mol. The molecular weight excluding hydrogens is 292 g/mol. The lowest BCUT2D eigenvalue weighted by Gasteiger charge is -2.35. The van der Waals surface area contributed by atoms with Gasteiger partial charge in [0.05, 0.1) is 18.8 Å². The van der Waals surface area contributed by atoms with Crippen LogP contribution in [0.15, 0.2) is 42.7 Å². The van der Waals surface area contributed by atoms with Gasteiger partial charge in [-0.05, 0) is 43.0 Å². The van der Waals surface area contributed by atoms with Gasteiger partial charge in [-0.3, -0.25) is 9.48 Å². The van der Waals surface area contributed by atoms with Gasteiger partial charge in [-0.1, -0.05) is 17.3 Å². The molecule has 120 valence electrons. The van der Waals surface area contributed by atoms with E-state index in [-0.39, 0.29) is 17.7 Å². The molecule has 2 heterocycles. The number of carbonyl (C=O) groups excluding carboxylic acids is 1. The summed E-state index contributed by atoms with van der Waals surface area (Å²) in [4.78, 5) is 14.4. The third-order valence-electron chi connectivity index (χ3n) is 4.07. The minimum atomic E-state index is -0.00171. The molecule has 1 aliphatic rings. The van der Waals surface area contributed by atoms with E-state index < -0.39 is 0 Å². The number of carbonyl (C=O) groups is 1. The van der Waals surface area contributed by atoms with Crippen LogP contribution in [0.3, 0.4) is 0 Å². The Morgan fingerprint density at radius 1 is 1.39 bits per heavy atom. The fourth-order valence-electron chi connectivity index (χ4n) is 2.92. The largest absolute Gasteiger partial charge is 0.508 e. The van der Waals surface area contributed by atoms with Crippen LogP contribution in [-0.2, 0) is 11.3 Å². The van der Waals surface area contributed by atoms with Crippen molar-refractivity contribution in [1.29, 1.82) is 0 Å². The first-order chi connectivity index (χ1) is 11.2. The Morgan fingerprint density at radius 3 is 3.09 bits per heavy atom. The van der Waals surface area contributed by atoms with Gasteiger partial charge in [-0.2, -0.15) is 0 Å². The van der Waals surface area contributed by atoms with Crippen LogP contribution in [0.4, 0.5) is 0 Å². The molecule has 1 aliphatic heterocycles. The molecule has 6 nitrogen and oxygen atoms in total. The highest BCUT2D eigenvalue weighted by Crippen LogP contribution is 2.19. The molecule has 1 aromatic heterocycles. The van der Waals surface area contributed by atoms with Crippen molar-refractivity contribution >= 4 is 12.0 Å². The number of hydrogen-bond acceptors (Lipinski definition) is 4. The van der Waals surface area contributed by atoms with E-state index in [0.717, 1.165) is 31.4 Å². The normalized spacial score (nSPS) is 18.4. The van der Waals surface area contributed by atoms with Gasteiger partial charge in [0.25, 0.3) is 0 Å². The molecule has 1 amide bonds. The van der Waals surface area contributed by atoms with Crippen molar-refractivity contribution in [3.8, 4) is 5.75 Å². The molecule has 1 N–H and O–H groups in total. The van der Waals surface area contributed by atoms with E-state index in [4.69, 9.17) is 0 Å². The lowest BCUT2D eigenvalue weighted by atomic mass is 10.0. The van der Waals surface area contributed by atoms with Crippen LogP contribution in [0.2, 0.25) is 0 Å². The van der Waals surface area contributed by atoms with Crippen LogP contribution in [0.25, 0.3) is 6.08 Å². The highest BCUT2D eigenvalue weighted by atomic mass is 16.3. The topological polar surface area (TPSA) is 71.2 Å². The smallest absolute Gasteiger partial charge is 0.246 e. The zero-order valence-electron chi connectivity index (χ0n) is 12.9. The van der Waals surface area contributed by atoms with Gasteiger partial charge in [0, 0.05) is 18.8 Å². The Bertz CT molecular complexity index is 682. The van der Waals surface area contributed by atoms with Crippen LogP contribution in [0.5, 0.6) is 5.75 Å². The maximum absolute atomic E-state index is 12.5. The number of benzene rings is 1. The Labute approximate surface area is 135 Å². The van der Waals surface area contributed by atoms with Crippen molar-refractivity contribution in [2.75, 3.05) is 6.54 Å². The first-order valence-electron chi connectivity index (χ1n) is 7.84. The van der Waals surface area contributed by atoms with Gasteiger partial charge in [0.2, 0.25) is 5.91 Å². The molecule has 1 unspecified atom stereocenters. The third kappa shape index (κ3) is 3.97. The van der Waals surface area contributed by atoms with Gasteiger partial charge < -0.3 is 10.0 Å². The van der Waals surface area contributed by atoms with Crippen molar-refractivity contribution in [3.63, 3.8) is 0 Å². The maximum atomic E-state index is 12.5. The second-order valence-corrected chi connectivity index (χ2v) is 5.73. The van der Waals surface area contributed by atoms with E-state index in [9.17, 15) is 9.90 Å². The number of piperidine rings is 1. The molecule has 0 radical (unpaired) electrons. The lowest BCUT2D eigenvalue weighted by Crippen LogP contribution is -2.45. The number of nitrogens with zero attached hydrogens (tertiary/aromatic N) is 4. The summed E-state index contributed by atoms with van der Waals surface area (Å²) >= 11 is 0. The molecule has 6 heteroatoms. The van der Waals surface area contributed by atoms with E-state index in [1.165, 1.54) is 0 Å². The fraction of sp³-hybridized carbons (Fsp3) is 0.353. The van der Waals surface area contributed by atoms with E-state index in [0.29, 0.717) is 6.54 Å². The standard InChI is InChI=1S/C17H20N4O2/c22-16-6-3-4-14(12-16)7-8-17(23)21-10-2-1-5-15(21)13-20-11-9-18-19-20/h3-4,6-9,11-12,15,22H,1-2,5,10,13H2/b8-7+. The van der Waals surface area contributed by atoms with Crippen molar-refractivity contribution in [2.45, 2.75) is 31.8 Å². The van der Waals surface area contributed by atoms with Crippen molar-refractivity contribution in [1.82, 2.24) is 19.9 Å². The molecular formula is C17H20N4O2. The average molecular weight is 312 g/mol. The van der Waals surface area contributed by atoms with Gasteiger partial charge in [-0.25, -0.2) is 0 Å². The molecule has 23 heavy (non-hydrogen) atoms. The molecule has 0 aliphatic carbocycles. The highest BCUT2D eigenvalue weighted by molar-refractivity contribution is 5.92. The fourth-order valence-corrected chi connectivity index (χ4v) is 2.92. The molecule has 0 saturated carbocycles. The van der Waals surface area contributed by atoms with E-state index >= 15 is 0 Å². The first-order valence-corrected chi connectivity index (χ1v) is 7.84. The monoisotopic (exact) mass is 312 g/mol. The summed E-state index contributed by atoms with van der Waals surface area (Å²) in [5.74, 6) is 0.194. The van der Waals surface area contributed by atoms with E-state index in [1.807, 2.05) is 17.2 Å². The molecule has 1 fully saturated rings. The van der Waals surface area contributed by atoms with Crippen molar-refractivity contribution in [2.24, 2.45) is 0 Å². The van der Waals surface area contributed by atoms with Gasteiger partial charge >= 0.3 is 0 Å². The SMILES string of the molecule is O=C(/C=C/c1cccc(O)c1)N1CCCCC1Cn1ccnn1. The summed E-state index contributed by atoms with van der Waals surface area (Å²) in [6.45, 7) is 1.44. The van der Waals surface area contributed by atoms with Crippen LogP contribution in [-0.4, -0.2) is 43.5 Å². The number of aromatic nitrogens is 3. The Kier molecular flexibility index (Phi) is 4.71. The second kappa shape index (κ2) is 7.09. The van der Waals surface area contributed by atoms with E-state index in [2.05, 4.69) is 10.3 Å². The van der Waals surface area contributed by atoms with Gasteiger partial charge in [0.1, 0.15) is 5.75 Å².